The fourth-order valence-corrected chi connectivity index (χ4v) is 3.40. The Kier molecular flexibility index (Phi) is 7.96. The molecule has 0 aromatic heterocycles. The molecular weight excluding hydrogens is 377 g/mol. The topological polar surface area (TPSA) is 46.2 Å². The Hall–Kier alpha value is -1.35. The summed E-state index contributed by atoms with van der Waals surface area (Å²) in [5, 5.41) is 0. The van der Waals surface area contributed by atoms with Gasteiger partial charge in [0.2, 0.25) is 0 Å². The molecule has 2 heterocycles. The van der Waals surface area contributed by atoms with Crippen LogP contribution in [-0.4, -0.2) is 39.3 Å². The van der Waals surface area contributed by atoms with Crippen molar-refractivity contribution in [2.45, 2.75) is 51.8 Å². The fraction of sp³-hybridized carbons (Fsp3) is 0.700. The lowest BCUT2D eigenvalue weighted by Crippen LogP contribution is -2.43. The van der Waals surface area contributed by atoms with Crippen LogP contribution in [0.3, 0.4) is 0 Å². The van der Waals surface area contributed by atoms with Gasteiger partial charge in [-0.3, -0.25) is 0 Å². The first-order valence-electron chi connectivity index (χ1n) is 9.77. The van der Waals surface area contributed by atoms with E-state index >= 15 is 0 Å². The zero-order valence-corrected chi connectivity index (χ0v) is 16.0. The van der Waals surface area contributed by atoms with E-state index in [4.69, 9.17) is 18.9 Å². The fourth-order valence-electron chi connectivity index (χ4n) is 3.40. The lowest BCUT2D eigenvalue weighted by atomic mass is 10.0. The molecule has 0 bridgehead atoms. The quantitative estimate of drug-likeness (QED) is 0.590. The third kappa shape index (κ3) is 5.83. The molecule has 28 heavy (non-hydrogen) atoms. The largest absolute Gasteiger partial charge is 0.432 e. The number of hydrogen-bond donors (Lipinski definition) is 0. The van der Waals surface area contributed by atoms with Crippen LogP contribution in [-0.2, 0) is 18.9 Å². The molecule has 0 unspecified atom stereocenters. The number of rotatable bonds is 8. The van der Waals surface area contributed by atoms with Crippen LogP contribution < -0.4 is 4.74 Å². The number of alkyl halides is 2. The third-order valence-corrected chi connectivity index (χ3v) is 4.96. The minimum absolute atomic E-state index is 0.0703. The summed E-state index contributed by atoms with van der Waals surface area (Å²) in [6.07, 6.45) is 3.58. The van der Waals surface area contributed by atoms with Crippen molar-refractivity contribution in [2.75, 3.05) is 26.4 Å². The van der Waals surface area contributed by atoms with Gasteiger partial charge in [-0.05, 0) is 18.6 Å². The second kappa shape index (κ2) is 10.4. The smallest absolute Gasteiger partial charge is 0.387 e. The number of halogens is 3. The van der Waals surface area contributed by atoms with Gasteiger partial charge in [-0.1, -0.05) is 32.3 Å². The zero-order valence-electron chi connectivity index (χ0n) is 16.0. The second-order valence-corrected chi connectivity index (χ2v) is 7.22. The maximum absolute atomic E-state index is 13.9. The van der Waals surface area contributed by atoms with E-state index in [1.165, 1.54) is 25.3 Å². The van der Waals surface area contributed by atoms with Gasteiger partial charge in [-0.15, -0.1) is 0 Å². The molecule has 3 rings (SSSR count). The van der Waals surface area contributed by atoms with Gasteiger partial charge in [0.25, 0.3) is 0 Å². The Morgan fingerprint density at radius 2 is 1.75 bits per heavy atom. The SMILES string of the molecule is CCCCC[C@H]1CO[C@H]([C@H]2CO[C@H](c3ccc(OC(F)F)c(F)c3)OC2)OC1. The first-order chi connectivity index (χ1) is 13.6. The highest BCUT2D eigenvalue weighted by Crippen LogP contribution is 2.31. The van der Waals surface area contributed by atoms with Crippen LogP contribution in [0.2, 0.25) is 0 Å². The molecule has 5 nitrogen and oxygen atoms in total. The van der Waals surface area contributed by atoms with Crippen LogP contribution in [0.4, 0.5) is 13.2 Å². The van der Waals surface area contributed by atoms with Crippen LogP contribution in [0.25, 0.3) is 0 Å². The molecule has 0 amide bonds. The monoisotopic (exact) mass is 404 g/mol. The number of benzene rings is 1. The Morgan fingerprint density at radius 3 is 2.36 bits per heavy atom. The summed E-state index contributed by atoms with van der Waals surface area (Å²) in [6, 6.07) is 3.67. The van der Waals surface area contributed by atoms with Crippen LogP contribution in [0.15, 0.2) is 18.2 Å². The Labute approximate surface area is 163 Å². The van der Waals surface area contributed by atoms with Gasteiger partial charge < -0.3 is 23.7 Å². The molecule has 1 aromatic rings. The van der Waals surface area contributed by atoms with Gasteiger partial charge in [-0.25, -0.2) is 4.39 Å². The summed E-state index contributed by atoms with van der Waals surface area (Å²) in [4.78, 5) is 0. The van der Waals surface area contributed by atoms with Crippen LogP contribution in [0, 0.1) is 17.7 Å². The molecule has 1 aromatic carbocycles. The molecule has 2 aliphatic rings. The second-order valence-electron chi connectivity index (χ2n) is 7.22. The predicted molar refractivity (Wildman–Crippen MR) is 94.5 cm³/mol. The maximum atomic E-state index is 13.9. The average molecular weight is 404 g/mol. The third-order valence-electron chi connectivity index (χ3n) is 4.96. The molecule has 2 saturated heterocycles. The molecule has 0 saturated carbocycles. The standard InChI is InChI=1S/C20H27F3O5/c1-2-3-4-5-13-9-24-19(25-10-13)15-11-26-18(27-12-15)14-6-7-17(16(21)8-14)28-20(22)23/h6-8,13,15,18-20H,2-5,9-12H2,1H3/t13-,15-,18-,19-. The first-order valence-corrected chi connectivity index (χ1v) is 9.77. The minimum Gasteiger partial charge on any atom is -0.432 e. The van der Waals surface area contributed by atoms with Crippen LogP contribution in [0.5, 0.6) is 5.75 Å². The van der Waals surface area contributed by atoms with Gasteiger partial charge in [-0.2, -0.15) is 8.78 Å². The van der Waals surface area contributed by atoms with Gasteiger partial charge in [0.15, 0.2) is 24.1 Å². The van der Waals surface area contributed by atoms with E-state index in [1.54, 1.807) is 0 Å². The van der Waals surface area contributed by atoms with Gasteiger partial charge in [0.1, 0.15) is 0 Å². The summed E-state index contributed by atoms with van der Waals surface area (Å²) in [6.45, 7) is 1.13. The zero-order chi connectivity index (χ0) is 19.9. The molecular formula is C20H27F3O5. The van der Waals surface area contributed by atoms with Crippen molar-refractivity contribution < 1.29 is 36.9 Å². The Morgan fingerprint density at radius 1 is 1.04 bits per heavy atom. The number of hydrogen-bond acceptors (Lipinski definition) is 5. The molecule has 0 radical (unpaired) electrons. The van der Waals surface area contributed by atoms with Gasteiger partial charge >= 0.3 is 6.61 Å². The van der Waals surface area contributed by atoms with Crippen molar-refractivity contribution in [3.63, 3.8) is 0 Å². The molecule has 0 N–H and O–H groups in total. The molecule has 0 spiro atoms. The molecule has 2 fully saturated rings. The lowest BCUT2D eigenvalue weighted by molar-refractivity contribution is -0.283. The number of unbranched alkanes of at least 4 members (excludes halogenated alkanes) is 2. The van der Waals surface area contributed by atoms with E-state index in [0.29, 0.717) is 37.9 Å². The lowest BCUT2D eigenvalue weighted by Gasteiger charge is -2.37. The molecule has 0 aliphatic carbocycles. The highest BCUT2D eigenvalue weighted by atomic mass is 19.3. The van der Waals surface area contributed by atoms with E-state index in [0.717, 1.165) is 18.6 Å². The normalized spacial score (nSPS) is 28.5. The molecule has 8 heteroatoms. The summed E-state index contributed by atoms with van der Waals surface area (Å²) in [7, 11) is 0. The van der Waals surface area contributed by atoms with Crippen molar-refractivity contribution >= 4 is 0 Å². The summed E-state index contributed by atoms with van der Waals surface area (Å²) in [5.74, 6) is -1.04. The Balaban J connectivity index is 1.44. The van der Waals surface area contributed by atoms with Crippen LogP contribution in [0.1, 0.15) is 44.5 Å². The molecule has 158 valence electrons. The van der Waals surface area contributed by atoms with Crippen molar-refractivity contribution in [1.29, 1.82) is 0 Å². The Bertz CT molecular complexity index is 600. The van der Waals surface area contributed by atoms with Crippen molar-refractivity contribution in [3.05, 3.63) is 29.6 Å². The first kappa shape index (κ1) is 21.4. The highest BCUT2D eigenvalue weighted by molar-refractivity contribution is 5.30. The highest BCUT2D eigenvalue weighted by Gasteiger charge is 2.34. The van der Waals surface area contributed by atoms with E-state index in [2.05, 4.69) is 11.7 Å². The van der Waals surface area contributed by atoms with Crippen molar-refractivity contribution in [2.24, 2.45) is 11.8 Å². The van der Waals surface area contributed by atoms with Crippen molar-refractivity contribution in [1.82, 2.24) is 0 Å². The summed E-state index contributed by atoms with van der Waals surface area (Å²) in [5.41, 5.74) is 0.402. The van der Waals surface area contributed by atoms with E-state index in [-0.39, 0.29) is 12.2 Å². The molecule has 0 atom stereocenters. The van der Waals surface area contributed by atoms with Gasteiger partial charge in [0.05, 0.1) is 32.3 Å². The summed E-state index contributed by atoms with van der Waals surface area (Å²) < 4.78 is 65.4. The van der Waals surface area contributed by atoms with E-state index in [1.807, 2.05) is 0 Å². The van der Waals surface area contributed by atoms with E-state index in [9.17, 15) is 13.2 Å². The predicted octanol–water partition coefficient (Wildman–Crippen LogP) is 4.66. The average Bonchev–Trinajstić information content (AvgIpc) is 2.70. The van der Waals surface area contributed by atoms with Crippen LogP contribution >= 0.6 is 0 Å². The van der Waals surface area contributed by atoms with Crippen molar-refractivity contribution in [3.8, 4) is 5.75 Å². The number of ether oxygens (including phenoxy) is 5. The molecule has 2 aliphatic heterocycles. The van der Waals surface area contributed by atoms with Gasteiger partial charge in [0, 0.05) is 11.5 Å². The summed E-state index contributed by atoms with van der Waals surface area (Å²) >= 11 is 0. The minimum atomic E-state index is -3.08. The maximum Gasteiger partial charge on any atom is 0.387 e. The van der Waals surface area contributed by atoms with E-state index < -0.39 is 24.5 Å².